The monoisotopic (exact) mass is 348 g/mol. The zero-order valence-electron chi connectivity index (χ0n) is 12.3. The van der Waals surface area contributed by atoms with Gasteiger partial charge in [0.05, 0.1) is 6.04 Å². The second kappa shape index (κ2) is 6.56. The average Bonchev–Trinajstić information content (AvgIpc) is 2.96. The fourth-order valence-electron chi connectivity index (χ4n) is 2.80. The predicted molar refractivity (Wildman–Crippen MR) is 91.0 cm³/mol. The molecule has 4 heteroatoms. The van der Waals surface area contributed by atoms with Crippen molar-refractivity contribution in [2.24, 2.45) is 0 Å². The molecule has 21 heavy (non-hydrogen) atoms. The van der Waals surface area contributed by atoms with Crippen LogP contribution in [-0.2, 0) is 0 Å². The summed E-state index contributed by atoms with van der Waals surface area (Å²) in [6.07, 6.45) is 3.99. The van der Waals surface area contributed by atoms with Crippen molar-refractivity contribution in [1.29, 1.82) is 0 Å². The third-order valence-corrected chi connectivity index (χ3v) is 4.42. The Balaban J connectivity index is 1.63. The zero-order chi connectivity index (χ0) is 14.7. The van der Waals surface area contributed by atoms with E-state index < -0.39 is 0 Å². The van der Waals surface area contributed by atoms with Crippen LogP contribution in [0.3, 0.4) is 0 Å². The topological polar surface area (TPSA) is 28.4 Å². The molecule has 1 aliphatic rings. The quantitative estimate of drug-likeness (QED) is 0.822. The lowest BCUT2D eigenvalue weighted by Crippen LogP contribution is -2.29. The molecule has 1 aliphatic heterocycles. The lowest BCUT2D eigenvalue weighted by Gasteiger charge is -2.29. The summed E-state index contributed by atoms with van der Waals surface area (Å²) in [5, 5.41) is 3.47. The summed E-state index contributed by atoms with van der Waals surface area (Å²) in [5.41, 5.74) is 2.45. The summed E-state index contributed by atoms with van der Waals surface area (Å²) in [7, 11) is 0. The van der Waals surface area contributed by atoms with Gasteiger partial charge in [0.25, 0.3) is 0 Å². The highest BCUT2D eigenvalue weighted by Gasteiger charge is 2.12. The van der Waals surface area contributed by atoms with Gasteiger partial charge < -0.3 is 14.6 Å². The van der Waals surface area contributed by atoms with Crippen LogP contribution in [0.1, 0.15) is 38.0 Å². The third kappa shape index (κ3) is 3.62. The number of halogens is 1. The minimum Gasteiger partial charge on any atom is -0.452 e. The van der Waals surface area contributed by atoms with Gasteiger partial charge in [-0.2, -0.15) is 0 Å². The van der Waals surface area contributed by atoms with Crippen LogP contribution in [0.15, 0.2) is 45.5 Å². The Hall–Kier alpha value is -1.42. The van der Waals surface area contributed by atoms with Crippen LogP contribution in [-0.4, -0.2) is 13.1 Å². The molecule has 3 rings (SSSR count). The molecule has 1 aromatic carbocycles. The van der Waals surface area contributed by atoms with Crippen molar-refractivity contribution < 1.29 is 4.42 Å². The van der Waals surface area contributed by atoms with Gasteiger partial charge in [-0.25, -0.2) is 0 Å². The van der Waals surface area contributed by atoms with Crippen molar-refractivity contribution >= 4 is 27.3 Å². The summed E-state index contributed by atoms with van der Waals surface area (Å²) in [6, 6.07) is 12.8. The Kier molecular flexibility index (Phi) is 4.54. The van der Waals surface area contributed by atoms with Gasteiger partial charge in [0.2, 0.25) is 0 Å². The van der Waals surface area contributed by atoms with E-state index in [2.05, 4.69) is 57.3 Å². The maximum Gasteiger partial charge on any atom is 0.169 e. The molecule has 1 fully saturated rings. The van der Waals surface area contributed by atoms with E-state index in [1.165, 1.54) is 38.0 Å². The first kappa shape index (κ1) is 14.5. The van der Waals surface area contributed by atoms with Crippen molar-refractivity contribution in [3.8, 4) is 0 Å². The molecule has 0 bridgehead atoms. The minimum atomic E-state index is 0.150. The molecule has 112 valence electrons. The molecule has 0 saturated carbocycles. The van der Waals surface area contributed by atoms with Crippen molar-refractivity contribution in [3.63, 3.8) is 0 Å². The first-order chi connectivity index (χ1) is 10.2. The Labute approximate surface area is 134 Å². The molecular weight excluding hydrogens is 328 g/mol. The van der Waals surface area contributed by atoms with E-state index in [0.29, 0.717) is 0 Å². The van der Waals surface area contributed by atoms with Crippen LogP contribution in [0, 0.1) is 0 Å². The van der Waals surface area contributed by atoms with Gasteiger partial charge in [-0.1, -0.05) is 0 Å². The number of rotatable bonds is 4. The number of benzene rings is 1. The highest BCUT2D eigenvalue weighted by Crippen LogP contribution is 2.26. The van der Waals surface area contributed by atoms with Crippen molar-refractivity contribution in [2.45, 2.75) is 32.2 Å². The molecule has 0 spiro atoms. The fourth-order valence-corrected chi connectivity index (χ4v) is 3.12. The number of anilines is 2. The van der Waals surface area contributed by atoms with Crippen molar-refractivity contribution in [3.05, 3.63) is 46.8 Å². The zero-order valence-corrected chi connectivity index (χ0v) is 13.9. The highest BCUT2D eigenvalue weighted by atomic mass is 79.9. The molecule has 2 heterocycles. The van der Waals surface area contributed by atoms with Gasteiger partial charge in [0.1, 0.15) is 5.76 Å². The van der Waals surface area contributed by atoms with Crippen molar-refractivity contribution in [2.75, 3.05) is 23.3 Å². The van der Waals surface area contributed by atoms with Crippen LogP contribution < -0.4 is 10.2 Å². The Morgan fingerprint density at radius 1 is 1.05 bits per heavy atom. The summed E-state index contributed by atoms with van der Waals surface area (Å²) in [6.45, 7) is 4.47. The standard InChI is InChI=1S/C17H21BrN2O/c1-13(16-9-10-17(18)21-16)19-14-5-7-15(8-6-14)20-11-3-2-4-12-20/h5-10,13,19H,2-4,11-12H2,1H3. The molecule has 1 unspecified atom stereocenters. The van der Waals surface area contributed by atoms with E-state index in [0.717, 1.165) is 16.1 Å². The molecule has 3 nitrogen and oxygen atoms in total. The number of nitrogens with zero attached hydrogens (tertiary/aromatic N) is 1. The molecule has 0 amide bonds. The van der Waals surface area contributed by atoms with Gasteiger partial charge in [-0.3, -0.25) is 0 Å². The van der Waals surface area contributed by atoms with E-state index in [-0.39, 0.29) is 6.04 Å². The molecule has 0 radical (unpaired) electrons. The lowest BCUT2D eigenvalue weighted by molar-refractivity contribution is 0.471. The van der Waals surface area contributed by atoms with E-state index >= 15 is 0 Å². The maximum atomic E-state index is 5.58. The van der Waals surface area contributed by atoms with E-state index in [1.54, 1.807) is 0 Å². The third-order valence-electron chi connectivity index (χ3n) is 3.99. The maximum absolute atomic E-state index is 5.58. The molecule has 1 N–H and O–H groups in total. The second-order valence-corrected chi connectivity index (χ2v) is 6.38. The number of nitrogens with one attached hydrogen (secondary N) is 1. The molecular formula is C17H21BrN2O. The lowest BCUT2D eigenvalue weighted by atomic mass is 10.1. The van der Waals surface area contributed by atoms with Crippen LogP contribution in [0.4, 0.5) is 11.4 Å². The van der Waals surface area contributed by atoms with Gasteiger partial charge in [-0.15, -0.1) is 0 Å². The molecule has 1 atom stereocenters. The first-order valence-corrected chi connectivity index (χ1v) is 8.38. The Morgan fingerprint density at radius 3 is 2.38 bits per heavy atom. The predicted octanol–water partition coefficient (Wildman–Crippen LogP) is 5.21. The van der Waals surface area contributed by atoms with Gasteiger partial charge in [0, 0.05) is 24.5 Å². The van der Waals surface area contributed by atoms with Crippen LogP contribution in [0.25, 0.3) is 0 Å². The number of piperidine rings is 1. The first-order valence-electron chi connectivity index (χ1n) is 7.59. The molecule has 0 aliphatic carbocycles. The number of hydrogen-bond acceptors (Lipinski definition) is 3. The van der Waals surface area contributed by atoms with E-state index in [1.807, 2.05) is 12.1 Å². The summed E-state index contributed by atoms with van der Waals surface area (Å²) >= 11 is 3.34. The number of hydrogen-bond donors (Lipinski definition) is 1. The minimum absolute atomic E-state index is 0.150. The SMILES string of the molecule is CC(Nc1ccc(N2CCCCC2)cc1)c1ccc(Br)o1. The van der Waals surface area contributed by atoms with Gasteiger partial charge >= 0.3 is 0 Å². The highest BCUT2D eigenvalue weighted by molar-refractivity contribution is 9.10. The van der Waals surface area contributed by atoms with E-state index in [9.17, 15) is 0 Å². The molecule has 2 aromatic rings. The van der Waals surface area contributed by atoms with Crippen LogP contribution in [0.5, 0.6) is 0 Å². The summed E-state index contributed by atoms with van der Waals surface area (Å²) < 4.78 is 6.35. The molecule has 1 saturated heterocycles. The largest absolute Gasteiger partial charge is 0.452 e. The normalized spacial score (nSPS) is 16.8. The fraction of sp³-hybridized carbons (Fsp3) is 0.412. The van der Waals surface area contributed by atoms with Crippen molar-refractivity contribution in [1.82, 2.24) is 0 Å². The summed E-state index contributed by atoms with van der Waals surface area (Å²) in [4.78, 5) is 2.47. The van der Waals surface area contributed by atoms with Crippen LogP contribution >= 0.6 is 15.9 Å². The Bertz CT molecular complexity index is 573. The Morgan fingerprint density at radius 2 is 1.76 bits per heavy atom. The van der Waals surface area contributed by atoms with Gasteiger partial charge in [0.15, 0.2) is 4.67 Å². The van der Waals surface area contributed by atoms with Crippen LogP contribution in [0.2, 0.25) is 0 Å². The summed E-state index contributed by atoms with van der Waals surface area (Å²) in [5.74, 6) is 0.932. The second-order valence-electron chi connectivity index (χ2n) is 5.60. The van der Waals surface area contributed by atoms with Gasteiger partial charge in [-0.05, 0) is 78.5 Å². The van der Waals surface area contributed by atoms with E-state index in [4.69, 9.17) is 4.42 Å². The number of furan rings is 1. The average molecular weight is 349 g/mol. The smallest absolute Gasteiger partial charge is 0.169 e. The molecule has 1 aromatic heterocycles.